The van der Waals surface area contributed by atoms with Crippen LogP contribution >= 0.6 is 0 Å². The van der Waals surface area contributed by atoms with Gasteiger partial charge in [0.05, 0.1) is 19.0 Å². The van der Waals surface area contributed by atoms with E-state index in [-0.39, 0.29) is 11.8 Å². The standard InChI is InChI=1S/C15H23NO4S/c1-16(8-9-21(3,18)19)14-7-5-11-4-6-12(20-2)10-13(11)15(14)17/h4,6,10,14-15,17H,5,7-9H2,1-3H3. The van der Waals surface area contributed by atoms with Crippen LogP contribution in [-0.4, -0.2) is 57.2 Å². The maximum atomic E-state index is 11.3. The molecular formula is C15H23NO4S. The molecule has 5 nitrogen and oxygen atoms in total. The summed E-state index contributed by atoms with van der Waals surface area (Å²) in [6.45, 7) is 0.430. The van der Waals surface area contributed by atoms with E-state index in [4.69, 9.17) is 4.74 Å². The van der Waals surface area contributed by atoms with Crippen molar-refractivity contribution in [1.29, 1.82) is 0 Å². The number of rotatable bonds is 5. The first-order chi connectivity index (χ1) is 9.81. The molecule has 0 fully saturated rings. The van der Waals surface area contributed by atoms with E-state index < -0.39 is 15.9 Å². The van der Waals surface area contributed by atoms with Crippen LogP contribution in [0.5, 0.6) is 5.75 Å². The minimum absolute atomic E-state index is 0.0636. The van der Waals surface area contributed by atoms with Crippen molar-refractivity contribution >= 4 is 9.84 Å². The van der Waals surface area contributed by atoms with Gasteiger partial charge in [-0.1, -0.05) is 6.07 Å². The summed E-state index contributed by atoms with van der Waals surface area (Å²) in [5.74, 6) is 0.838. The molecular weight excluding hydrogens is 290 g/mol. The number of benzene rings is 1. The molecule has 2 rings (SSSR count). The molecule has 1 aliphatic carbocycles. The molecule has 2 atom stereocenters. The van der Waals surface area contributed by atoms with Gasteiger partial charge in [0.25, 0.3) is 0 Å². The molecule has 0 aromatic heterocycles. The van der Waals surface area contributed by atoms with Crippen molar-refractivity contribution in [3.63, 3.8) is 0 Å². The summed E-state index contributed by atoms with van der Waals surface area (Å²) < 4.78 is 27.8. The van der Waals surface area contributed by atoms with Gasteiger partial charge in [-0.05, 0) is 43.1 Å². The Balaban J connectivity index is 2.13. The van der Waals surface area contributed by atoms with Crippen LogP contribution in [0.2, 0.25) is 0 Å². The average molecular weight is 313 g/mol. The van der Waals surface area contributed by atoms with Gasteiger partial charge in [-0.15, -0.1) is 0 Å². The van der Waals surface area contributed by atoms with E-state index >= 15 is 0 Å². The van der Waals surface area contributed by atoms with Crippen LogP contribution in [0.1, 0.15) is 23.7 Å². The van der Waals surface area contributed by atoms with Gasteiger partial charge in [-0.25, -0.2) is 8.42 Å². The fourth-order valence-electron chi connectivity index (χ4n) is 2.81. The smallest absolute Gasteiger partial charge is 0.148 e. The lowest BCUT2D eigenvalue weighted by molar-refractivity contribution is 0.0528. The summed E-state index contributed by atoms with van der Waals surface area (Å²) >= 11 is 0. The van der Waals surface area contributed by atoms with Crippen molar-refractivity contribution < 1.29 is 18.3 Å². The molecule has 1 N–H and O–H groups in total. The average Bonchev–Trinajstić information content (AvgIpc) is 2.44. The minimum atomic E-state index is -2.99. The monoisotopic (exact) mass is 313 g/mol. The summed E-state index contributed by atoms with van der Waals surface area (Å²) in [5.41, 5.74) is 2.02. The van der Waals surface area contributed by atoms with Crippen LogP contribution in [0, 0.1) is 0 Å². The van der Waals surface area contributed by atoms with Gasteiger partial charge in [-0.2, -0.15) is 0 Å². The van der Waals surface area contributed by atoms with E-state index in [0.29, 0.717) is 6.54 Å². The molecule has 0 spiro atoms. The first kappa shape index (κ1) is 16.3. The van der Waals surface area contributed by atoms with Gasteiger partial charge < -0.3 is 9.84 Å². The van der Waals surface area contributed by atoms with Gasteiger partial charge >= 0.3 is 0 Å². The van der Waals surface area contributed by atoms with Gasteiger partial charge in [0.15, 0.2) is 0 Å². The number of ether oxygens (including phenoxy) is 1. The van der Waals surface area contributed by atoms with E-state index in [9.17, 15) is 13.5 Å². The molecule has 0 bridgehead atoms. The fraction of sp³-hybridized carbons (Fsp3) is 0.600. The van der Waals surface area contributed by atoms with Gasteiger partial charge in [0, 0.05) is 18.8 Å². The SMILES string of the molecule is COc1ccc2c(c1)C(O)C(N(C)CCS(C)(=O)=O)CC2. The Labute approximate surface area is 126 Å². The second-order valence-corrected chi connectivity index (χ2v) is 7.99. The number of nitrogens with zero attached hydrogens (tertiary/aromatic N) is 1. The minimum Gasteiger partial charge on any atom is -0.497 e. The zero-order chi connectivity index (χ0) is 15.6. The second-order valence-electron chi connectivity index (χ2n) is 5.73. The lowest BCUT2D eigenvalue weighted by Gasteiger charge is -2.36. The first-order valence-electron chi connectivity index (χ1n) is 7.04. The Kier molecular flexibility index (Phi) is 4.91. The fourth-order valence-corrected chi connectivity index (χ4v) is 3.43. The molecule has 0 saturated carbocycles. The van der Waals surface area contributed by atoms with Gasteiger partial charge in [-0.3, -0.25) is 4.90 Å². The predicted molar refractivity (Wildman–Crippen MR) is 82.4 cm³/mol. The highest BCUT2D eigenvalue weighted by atomic mass is 32.2. The molecule has 1 aromatic carbocycles. The largest absolute Gasteiger partial charge is 0.497 e. The van der Waals surface area contributed by atoms with E-state index in [0.717, 1.165) is 29.7 Å². The summed E-state index contributed by atoms with van der Waals surface area (Å²) in [6.07, 6.45) is 2.32. The van der Waals surface area contributed by atoms with E-state index in [1.54, 1.807) is 7.11 Å². The van der Waals surface area contributed by atoms with Gasteiger partial charge in [0.1, 0.15) is 15.6 Å². The normalized spacial score (nSPS) is 22.1. The Morgan fingerprint density at radius 3 is 2.76 bits per heavy atom. The highest BCUT2D eigenvalue weighted by Gasteiger charge is 2.31. The Morgan fingerprint density at radius 2 is 2.14 bits per heavy atom. The molecule has 2 unspecified atom stereocenters. The van der Waals surface area contributed by atoms with Crippen molar-refractivity contribution in [1.82, 2.24) is 4.90 Å². The highest BCUT2D eigenvalue weighted by Crippen LogP contribution is 2.34. The number of likely N-dealkylation sites (N-methyl/N-ethyl adjacent to an activating group) is 1. The Bertz CT molecular complexity index is 600. The molecule has 0 saturated heterocycles. The second kappa shape index (κ2) is 6.34. The summed E-state index contributed by atoms with van der Waals surface area (Å²) in [4.78, 5) is 1.94. The number of sulfone groups is 1. The van der Waals surface area contributed by atoms with E-state index in [1.165, 1.54) is 6.26 Å². The zero-order valence-electron chi connectivity index (χ0n) is 12.7. The number of aliphatic hydroxyl groups excluding tert-OH is 1. The molecule has 0 radical (unpaired) electrons. The van der Waals surface area contributed by atoms with Crippen molar-refractivity contribution in [3.05, 3.63) is 29.3 Å². The Hall–Kier alpha value is -1.11. The molecule has 0 aliphatic heterocycles. The number of fused-ring (bicyclic) bond motifs is 1. The van der Waals surface area contributed by atoms with E-state index in [1.807, 2.05) is 30.1 Å². The quantitative estimate of drug-likeness (QED) is 0.879. The molecule has 21 heavy (non-hydrogen) atoms. The Morgan fingerprint density at radius 1 is 1.43 bits per heavy atom. The number of hydrogen-bond donors (Lipinski definition) is 1. The maximum Gasteiger partial charge on any atom is 0.148 e. The van der Waals surface area contributed by atoms with Crippen LogP contribution in [0.4, 0.5) is 0 Å². The predicted octanol–water partition coefficient (Wildman–Crippen LogP) is 1.02. The van der Waals surface area contributed by atoms with Crippen molar-refractivity contribution in [3.8, 4) is 5.75 Å². The van der Waals surface area contributed by atoms with Crippen LogP contribution in [0.15, 0.2) is 18.2 Å². The van der Waals surface area contributed by atoms with Crippen LogP contribution < -0.4 is 4.74 Å². The van der Waals surface area contributed by atoms with Crippen LogP contribution in [0.3, 0.4) is 0 Å². The van der Waals surface area contributed by atoms with Crippen LogP contribution in [-0.2, 0) is 16.3 Å². The third kappa shape index (κ3) is 3.96. The lowest BCUT2D eigenvalue weighted by atomic mass is 9.85. The summed E-state index contributed by atoms with van der Waals surface area (Å²) in [7, 11) is 0.479. The molecule has 1 aromatic rings. The molecule has 6 heteroatoms. The third-order valence-electron chi connectivity index (χ3n) is 4.13. The summed E-state index contributed by atoms with van der Waals surface area (Å²) in [6, 6.07) is 5.70. The zero-order valence-corrected chi connectivity index (χ0v) is 13.6. The topological polar surface area (TPSA) is 66.8 Å². The first-order valence-corrected chi connectivity index (χ1v) is 9.10. The van der Waals surface area contributed by atoms with Crippen molar-refractivity contribution in [2.45, 2.75) is 25.0 Å². The van der Waals surface area contributed by atoms with Gasteiger partial charge in [0.2, 0.25) is 0 Å². The number of aryl methyl sites for hydroxylation is 1. The molecule has 1 aliphatic rings. The molecule has 118 valence electrons. The highest BCUT2D eigenvalue weighted by molar-refractivity contribution is 7.90. The lowest BCUT2D eigenvalue weighted by Crippen LogP contribution is -2.41. The maximum absolute atomic E-state index is 11.3. The van der Waals surface area contributed by atoms with Crippen LogP contribution in [0.25, 0.3) is 0 Å². The summed E-state index contributed by atoms with van der Waals surface area (Å²) in [5, 5.41) is 10.6. The number of methoxy groups -OCH3 is 1. The number of aliphatic hydroxyl groups is 1. The molecule has 0 amide bonds. The van der Waals surface area contributed by atoms with E-state index in [2.05, 4.69) is 0 Å². The molecule has 0 heterocycles. The third-order valence-corrected chi connectivity index (χ3v) is 5.05. The van der Waals surface area contributed by atoms with Crippen molar-refractivity contribution in [2.24, 2.45) is 0 Å². The number of hydrogen-bond acceptors (Lipinski definition) is 5. The van der Waals surface area contributed by atoms with Crippen molar-refractivity contribution in [2.75, 3.05) is 32.7 Å².